The van der Waals surface area contributed by atoms with Crippen LogP contribution in [0.3, 0.4) is 0 Å². The Kier molecular flexibility index (Phi) is 5.06. The summed E-state index contributed by atoms with van der Waals surface area (Å²) in [6, 6.07) is 0. The van der Waals surface area contributed by atoms with Crippen LogP contribution in [0.1, 0.15) is 45.4 Å². The third-order valence-electron chi connectivity index (χ3n) is 2.68. The molecule has 0 atom stereocenters. The quantitative estimate of drug-likeness (QED) is 0.614. The summed E-state index contributed by atoms with van der Waals surface area (Å²) in [5, 5.41) is 0. The molecule has 0 N–H and O–H groups in total. The van der Waals surface area contributed by atoms with Crippen molar-refractivity contribution < 1.29 is 9.53 Å². The van der Waals surface area contributed by atoms with Gasteiger partial charge in [-0.3, -0.25) is 4.79 Å². The molecule has 76 valence electrons. The molecular weight excluding hydrogens is 164 g/mol. The first-order valence-electron chi connectivity index (χ1n) is 5.36. The highest BCUT2D eigenvalue weighted by molar-refractivity contribution is 5.75. The number of carbonyl (C=O) groups is 1. The Labute approximate surface area is 80.7 Å². The molecule has 13 heavy (non-hydrogen) atoms. The maximum absolute atomic E-state index is 10.6. The number of hydrogen-bond acceptors (Lipinski definition) is 2. The highest BCUT2D eigenvalue weighted by Crippen LogP contribution is 2.23. The Bertz CT molecular complexity index is 148. The van der Waals surface area contributed by atoms with Crippen LogP contribution in [0.4, 0.5) is 0 Å². The van der Waals surface area contributed by atoms with Crippen molar-refractivity contribution in [3.05, 3.63) is 0 Å². The lowest BCUT2D eigenvalue weighted by molar-refractivity contribution is -0.118. The van der Waals surface area contributed by atoms with Crippen molar-refractivity contribution in [1.29, 1.82) is 0 Å². The van der Waals surface area contributed by atoms with Gasteiger partial charge in [0, 0.05) is 13.0 Å². The topological polar surface area (TPSA) is 26.3 Å². The van der Waals surface area contributed by atoms with Gasteiger partial charge >= 0.3 is 0 Å². The molecule has 1 aliphatic rings. The van der Waals surface area contributed by atoms with E-state index < -0.39 is 0 Å². The van der Waals surface area contributed by atoms with Crippen molar-refractivity contribution in [3.8, 4) is 0 Å². The Morgan fingerprint density at radius 3 is 2.62 bits per heavy atom. The number of ketones is 1. The van der Waals surface area contributed by atoms with Gasteiger partial charge < -0.3 is 4.74 Å². The molecule has 0 unspecified atom stereocenters. The first kappa shape index (κ1) is 10.7. The Morgan fingerprint density at radius 1 is 1.31 bits per heavy atom. The van der Waals surface area contributed by atoms with Crippen molar-refractivity contribution >= 4 is 5.78 Å². The second-order valence-corrected chi connectivity index (χ2v) is 4.03. The van der Waals surface area contributed by atoms with Crippen LogP contribution in [-0.2, 0) is 9.53 Å². The fourth-order valence-corrected chi connectivity index (χ4v) is 1.82. The molecule has 0 aliphatic heterocycles. The molecule has 0 aromatic rings. The number of hydrogen-bond donors (Lipinski definition) is 0. The summed E-state index contributed by atoms with van der Waals surface area (Å²) in [7, 11) is 0. The molecule has 0 amide bonds. The molecule has 0 aromatic heterocycles. The molecule has 1 rings (SSSR count). The van der Waals surface area contributed by atoms with Crippen LogP contribution >= 0.6 is 0 Å². The monoisotopic (exact) mass is 184 g/mol. The first-order chi connectivity index (χ1) is 6.29. The number of rotatable bonds is 5. The van der Waals surface area contributed by atoms with Crippen LogP contribution in [0.2, 0.25) is 0 Å². The van der Waals surface area contributed by atoms with Crippen molar-refractivity contribution in [2.75, 3.05) is 13.2 Å². The second-order valence-electron chi connectivity index (χ2n) is 4.03. The normalized spacial score (nSPS) is 18.8. The zero-order valence-corrected chi connectivity index (χ0v) is 8.55. The van der Waals surface area contributed by atoms with Gasteiger partial charge in [-0.05, 0) is 25.7 Å². The molecule has 0 heterocycles. The zero-order chi connectivity index (χ0) is 9.52. The number of ether oxygens (including phenoxy) is 1. The van der Waals surface area contributed by atoms with Gasteiger partial charge in [0.05, 0.1) is 6.61 Å². The van der Waals surface area contributed by atoms with E-state index in [0.717, 1.165) is 12.5 Å². The van der Waals surface area contributed by atoms with Crippen molar-refractivity contribution in [1.82, 2.24) is 0 Å². The molecule has 2 nitrogen and oxygen atoms in total. The summed E-state index contributed by atoms with van der Waals surface area (Å²) < 4.78 is 5.46. The van der Waals surface area contributed by atoms with Crippen LogP contribution < -0.4 is 0 Å². The fourth-order valence-electron chi connectivity index (χ4n) is 1.82. The highest BCUT2D eigenvalue weighted by Gasteiger charge is 2.12. The molecule has 1 aliphatic carbocycles. The zero-order valence-electron chi connectivity index (χ0n) is 8.55. The lowest BCUT2D eigenvalue weighted by Crippen LogP contribution is -2.14. The third-order valence-corrected chi connectivity index (χ3v) is 2.68. The summed E-state index contributed by atoms with van der Waals surface area (Å²) in [6.45, 7) is 3.10. The molecular formula is C11H20O2. The van der Waals surface area contributed by atoms with Crippen LogP contribution in [0, 0.1) is 5.92 Å². The van der Waals surface area contributed by atoms with Gasteiger partial charge in [-0.1, -0.05) is 19.3 Å². The van der Waals surface area contributed by atoms with Gasteiger partial charge in [0.1, 0.15) is 5.78 Å². The van der Waals surface area contributed by atoms with E-state index >= 15 is 0 Å². The minimum absolute atomic E-state index is 0.226. The average molecular weight is 184 g/mol. The maximum atomic E-state index is 10.6. The van der Waals surface area contributed by atoms with Crippen LogP contribution in [0.5, 0.6) is 0 Å². The Hall–Kier alpha value is -0.370. The lowest BCUT2D eigenvalue weighted by Gasteiger charge is -2.21. The van der Waals surface area contributed by atoms with E-state index in [1.807, 2.05) is 0 Å². The molecule has 0 aromatic carbocycles. The fraction of sp³-hybridized carbons (Fsp3) is 0.909. The Balaban J connectivity index is 1.95. The van der Waals surface area contributed by atoms with E-state index in [1.54, 1.807) is 6.92 Å². The SMILES string of the molecule is CC(=O)CCOCC1CCCCC1. The van der Waals surface area contributed by atoms with Gasteiger partial charge in [0.15, 0.2) is 0 Å². The lowest BCUT2D eigenvalue weighted by atomic mass is 9.90. The van der Waals surface area contributed by atoms with Crippen molar-refractivity contribution in [2.45, 2.75) is 45.4 Å². The molecule has 0 radical (unpaired) electrons. The Morgan fingerprint density at radius 2 is 2.00 bits per heavy atom. The van der Waals surface area contributed by atoms with E-state index in [0.29, 0.717) is 13.0 Å². The maximum Gasteiger partial charge on any atom is 0.132 e. The van der Waals surface area contributed by atoms with Gasteiger partial charge in [-0.25, -0.2) is 0 Å². The smallest absolute Gasteiger partial charge is 0.132 e. The summed E-state index contributed by atoms with van der Waals surface area (Å²) in [4.78, 5) is 10.6. The predicted octanol–water partition coefficient (Wildman–Crippen LogP) is 2.56. The van der Waals surface area contributed by atoms with Crippen molar-refractivity contribution in [2.24, 2.45) is 5.92 Å². The number of carbonyl (C=O) groups excluding carboxylic acids is 1. The van der Waals surface area contributed by atoms with Crippen LogP contribution in [0.15, 0.2) is 0 Å². The van der Waals surface area contributed by atoms with E-state index in [4.69, 9.17) is 4.74 Å². The summed E-state index contributed by atoms with van der Waals surface area (Å²) in [5.41, 5.74) is 0. The van der Waals surface area contributed by atoms with Crippen molar-refractivity contribution in [3.63, 3.8) is 0 Å². The standard InChI is InChI=1S/C11H20O2/c1-10(12)7-8-13-9-11-5-3-2-4-6-11/h11H,2-9H2,1H3. The third kappa shape index (κ3) is 5.04. The largest absolute Gasteiger partial charge is 0.381 e. The van der Waals surface area contributed by atoms with Crippen LogP contribution in [-0.4, -0.2) is 19.0 Å². The highest BCUT2D eigenvalue weighted by atomic mass is 16.5. The summed E-state index contributed by atoms with van der Waals surface area (Å²) >= 11 is 0. The number of Topliss-reactive ketones (excluding diaryl/α,β-unsaturated/α-hetero) is 1. The summed E-state index contributed by atoms with van der Waals surface area (Å²) in [6.07, 6.45) is 7.33. The molecule has 2 heteroatoms. The molecule has 0 saturated heterocycles. The molecule has 1 fully saturated rings. The van der Waals surface area contributed by atoms with Gasteiger partial charge in [0.25, 0.3) is 0 Å². The molecule has 1 saturated carbocycles. The minimum atomic E-state index is 0.226. The molecule has 0 bridgehead atoms. The van der Waals surface area contributed by atoms with E-state index in [-0.39, 0.29) is 5.78 Å². The first-order valence-corrected chi connectivity index (χ1v) is 5.36. The van der Waals surface area contributed by atoms with E-state index in [2.05, 4.69) is 0 Å². The van der Waals surface area contributed by atoms with E-state index in [1.165, 1.54) is 32.1 Å². The molecule has 0 spiro atoms. The van der Waals surface area contributed by atoms with E-state index in [9.17, 15) is 4.79 Å². The predicted molar refractivity (Wildman–Crippen MR) is 52.7 cm³/mol. The minimum Gasteiger partial charge on any atom is -0.381 e. The second kappa shape index (κ2) is 6.14. The average Bonchev–Trinajstić information content (AvgIpc) is 2.14. The summed E-state index contributed by atoms with van der Waals surface area (Å²) in [5.74, 6) is 0.990. The van der Waals surface area contributed by atoms with Gasteiger partial charge in [-0.15, -0.1) is 0 Å². The van der Waals surface area contributed by atoms with Gasteiger partial charge in [-0.2, -0.15) is 0 Å². The van der Waals surface area contributed by atoms with Crippen LogP contribution in [0.25, 0.3) is 0 Å². The van der Waals surface area contributed by atoms with Gasteiger partial charge in [0.2, 0.25) is 0 Å².